The zero-order chi connectivity index (χ0) is 15.5. The number of ether oxygens (including phenoxy) is 1. The number of methoxy groups -OCH3 is 1. The van der Waals surface area contributed by atoms with Gasteiger partial charge in [0.15, 0.2) is 9.84 Å². The smallest absolute Gasteiger partial charge is 0.177 e. The third-order valence-corrected chi connectivity index (χ3v) is 4.20. The molecule has 0 aliphatic rings. The number of sulfone groups is 1. The predicted octanol–water partition coefficient (Wildman–Crippen LogP) is 2.42. The molecule has 0 aromatic heterocycles. The van der Waals surface area contributed by atoms with Gasteiger partial charge in [-0.1, -0.05) is 12.1 Å². The van der Waals surface area contributed by atoms with Gasteiger partial charge in [-0.25, -0.2) is 8.42 Å². The Morgan fingerprint density at radius 3 is 2.57 bits per heavy atom. The summed E-state index contributed by atoms with van der Waals surface area (Å²) in [6.07, 6.45) is 1.16. The van der Waals surface area contributed by atoms with Crippen molar-refractivity contribution in [1.82, 2.24) is 0 Å². The monoisotopic (exact) mass is 307 g/mol. The van der Waals surface area contributed by atoms with Crippen LogP contribution in [0.2, 0.25) is 0 Å². The van der Waals surface area contributed by atoms with Crippen molar-refractivity contribution in [3.8, 4) is 11.5 Å². The molecule has 21 heavy (non-hydrogen) atoms. The summed E-state index contributed by atoms with van der Waals surface area (Å²) in [7, 11) is -1.77. The van der Waals surface area contributed by atoms with Gasteiger partial charge in [-0.05, 0) is 30.3 Å². The average Bonchev–Trinajstić information content (AvgIpc) is 2.46. The molecule has 0 atom stereocenters. The van der Waals surface area contributed by atoms with E-state index in [9.17, 15) is 13.5 Å². The maximum Gasteiger partial charge on any atom is 0.177 e. The topological polar surface area (TPSA) is 75.6 Å². The minimum Gasteiger partial charge on any atom is -0.508 e. The zero-order valence-electron chi connectivity index (χ0n) is 11.8. The fraction of sp³-hybridized carbons (Fsp3) is 0.200. The molecule has 0 radical (unpaired) electrons. The van der Waals surface area contributed by atoms with Crippen molar-refractivity contribution in [2.75, 3.05) is 18.7 Å². The number of hydrogen-bond donors (Lipinski definition) is 2. The van der Waals surface area contributed by atoms with Crippen LogP contribution in [0.3, 0.4) is 0 Å². The number of rotatable bonds is 5. The first kappa shape index (κ1) is 15.2. The highest BCUT2D eigenvalue weighted by Gasteiger charge is 2.12. The normalized spacial score (nSPS) is 11.1. The second kappa shape index (κ2) is 6.05. The molecule has 0 spiro atoms. The minimum atomic E-state index is -3.31. The number of anilines is 1. The van der Waals surface area contributed by atoms with E-state index in [-0.39, 0.29) is 17.2 Å². The molecule has 0 bridgehead atoms. The molecular weight excluding hydrogens is 290 g/mol. The maximum absolute atomic E-state index is 11.7. The number of benzene rings is 2. The first-order valence-electron chi connectivity index (χ1n) is 6.30. The van der Waals surface area contributed by atoms with Gasteiger partial charge < -0.3 is 15.2 Å². The van der Waals surface area contributed by atoms with Gasteiger partial charge in [-0.2, -0.15) is 0 Å². The van der Waals surface area contributed by atoms with E-state index >= 15 is 0 Å². The molecule has 0 amide bonds. The highest BCUT2D eigenvalue weighted by atomic mass is 32.2. The average molecular weight is 307 g/mol. The summed E-state index contributed by atoms with van der Waals surface area (Å²) < 4.78 is 28.6. The van der Waals surface area contributed by atoms with Gasteiger partial charge in [0.25, 0.3) is 0 Å². The Morgan fingerprint density at radius 2 is 1.90 bits per heavy atom. The Balaban J connectivity index is 2.25. The van der Waals surface area contributed by atoms with E-state index in [1.807, 2.05) is 0 Å². The standard InChI is InChI=1S/C15H17NO4S/c1-20-12-7-8-14(17)11(9-12)10-16-13-5-3-4-6-15(13)21(2,18)19/h3-9,16-17H,10H2,1-2H3. The summed E-state index contributed by atoms with van der Waals surface area (Å²) in [6.45, 7) is 0.287. The number of para-hydroxylation sites is 1. The Kier molecular flexibility index (Phi) is 4.37. The number of aromatic hydroxyl groups is 1. The fourth-order valence-electron chi connectivity index (χ4n) is 1.96. The van der Waals surface area contributed by atoms with Crippen molar-refractivity contribution in [1.29, 1.82) is 0 Å². The molecule has 0 saturated carbocycles. The molecule has 112 valence electrons. The third kappa shape index (κ3) is 3.66. The van der Waals surface area contributed by atoms with Crippen LogP contribution in [0.15, 0.2) is 47.4 Å². The number of nitrogens with one attached hydrogen (secondary N) is 1. The van der Waals surface area contributed by atoms with Crippen LogP contribution in [-0.4, -0.2) is 26.9 Å². The van der Waals surface area contributed by atoms with Crippen LogP contribution in [-0.2, 0) is 16.4 Å². The SMILES string of the molecule is COc1ccc(O)c(CNc2ccccc2S(C)(=O)=O)c1. The molecule has 0 heterocycles. The van der Waals surface area contributed by atoms with Gasteiger partial charge in [0.05, 0.1) is 17.7 Å². The van der Waals surface area contributed by atoms with E-state index in [1.165, 1.54) is 6.07 Å². The van der Waals surface area contributed by atoms with Crippen LogP contribution in [0.25, 0.3) is 0 Å². The van der Waals surface area contributed by atoms with Gasteiger partial charge in [0.1, 0.15) is 11.5 Å². The van der Waals surface area contributed by atoms with Gasteiger partial charge in [-0.15, -0.1) is 0 Å². The zero-order valence-corrected chi connectivity index (χ0v) is 12.6. The van der Waals surface area contributed by atoms with Gasteiger partial charge in [-0.3, -0.25) is 0 Å². The molecule has 2 rings (SSSR count). The number of phenolic OH excluding ortho intramolecular Hbond substituents is 1. The molecule has 6 heteroatoms. The summed E-state index contributed by atoms with van der Waals surface area (Å²) in [6, 6.07) is 11.6. The lowest BCUT2D eigenvalue weighted by molar-refractivity contribution is 0.411. The van der Waals surface area contributed by atoms with Crippen molar-refractivity contribution in [2.45, 2.75) is 11.4 Å². The second-order valence-electron chi connectivity index (χ2n) is 4.62. The van der Waals surface area contributed by atoms with Crippen molar-refractivity contribution in [3.63, 3.8) is 0 Å². The number of phenols is 1. The Hall–Kier alpha value is -2.21. The Morgan fingerprint density at radius 1 is 1.19 bits per heavy atom. The maximum atomic E-state index is 11.7. The van der Waals surface area contributed by atoms with Crippen molar-refractivity contribution < 1.29 is 18.3 Å². The summed E-state index contributed by atoms with van der Waals surface area (Å²) in [5.74, 6) is 0.751. The van der Waals surface area contributed by atoms with Crippen LogP contribution in [0.1, 0.15) is 5.56 Å². The highest BCUT2D eigenvalue weighted by molar-refractivity contribution is 7.90. The predicted molar refractivity (Wildman–Crippen MR) is 81.5 cm³/mol. The van der Waals surface area contributed by atoms with Gasteiger partial charge in [0.2, 0.25) is 0 Å². The Labute approximate surface area is 124 Å². The second-order valence-corrected chi connectivity index (χ2v) is 6.60. The van der Waals surface area contributed by atoms with Crippen molar-refractivity contribution in [3.05, 3.63) is 48.0 Å². The summed E-state index contributed by atoms with van der Waals surface area (Å²) in [5, 5.41) is 12.9. The first-order chi connectivity index (χ1) is 9.91. The fourth-order valence-corrected chi connectivity index (χ4v) is 2.82. The molecule has 0 aliphatic carbocycles. The van der Waals surface area contributed by atoms with Gasteiger partial charge in [0, 0.05) is 18.4 Å². The molecule has 0 unspecified atom stereocenters. The van der Waals surface area contributed by atoms with Crippen LogP contribution in [0, 0.1) is 0 Å². The van der Waals surface area contributed by atoms with E-state index in [0.717, 1.165) is 6.26 Å². The van der Waals surface area contributed by atoms with Crippen LogP contribution in [0.5, 0.6) is 11.5 Å². The first-order valence-corrected chi connectivity index (χ1v) is 8.20. The quantitative estimate of drug-likeness (QED) is 0.887. The molecule has 5 nitrogen and oxygen atoms in total. The van der Waals surface area contributed by atoms with Gasteiger partial charge >= 0.3 is 0 Å². The van der Waals surface area contributed by atoms with E-state index in [2.05, 4.69) is 5.32 Å². The third-order valence-electron chi connectivity index (χ3n) is 3.04. The Bertz CT molecular complexity index is 741. The largest absolute Gasteiger partial charge is 0.508 e. The molecule has 0 saturated heterocycles. The summed E-state index contributed by atoms with van der Waals surface area (Å²) >= 11 is 0. The lowest BCUT2D eigenvalue weighted by Crippen LogP contribution is -2.06. The molecule has 2 aromatic rings. The van der Waals surface area contributed by atoms with E-state index in [1.54, 1.807) is 43.5 Å². The summed E-state index contributed by atoms with van der Waals surface area (Å²) in [4.78, 5) is 0.229. The molecule has 0 fully saturated rings. The van der Waals surface area contributed by atoms with Crippen LogP contribution >= 0.6 is 0 Å². The summed E-state index contributed by atoms with van der Waals surface area (Å²) in [5.41, 5.74) is 1.12. The van der Waals surface area contributed by atoms with Crippen molar-refractivity contribution >= 4 is 15.5 Å². The number of hydrogen-bond acceptors (Lipinski definition) is 5. The van der Waals surface area contributed by atoms with E-state index in [0.29, 0.717) is 17.0 Å². The lowest BCUT2D eigenvalue weighted by atomic mass is 10.2. The molecular formula is C15H17NO4S. The molecule has 2 aromatic carbocycles. The molecule has 0 aliphatic heterocycles. The van der Waals surface area contributed by atoms with E-state index < -0.39 is 9.84 Å². The lowest BCUT2D eigenvalue weighted by Gasteiger charge is -2.12. The minimum absolute atomic E-state index is 0.125. The molecule has 2 N–H and O–H groups in total. The highest BCUT2D eigenvalue weighted by Crippen LogP contribution is 2.26. The van der Waals surface area contributed by atoms with Crippen molar-refractivity contribution in [2.24, 2.45) is 0 Å². The van der Waals surface area contributed by atoms with E-state index in [4.69, 9.17) is 4.74 Å². The van der Waals surface area contributed by atoms with Crippen LogP contribution < -0.4 is 10.1 Å². The van der Waals surface area contributed by atoms with Crippen LogP contribution in [0.4, 0.5) is 5.69 Å².